The lowest BCUT2D eigenvalue weighted by Gasteiger charge is -2.22. The Morgan fingerprint density at radius 1 is 1.03 bits per heavy atom. The van der Waals surface area contributed by atoms with E-state index in [1.54, 1.807) is 12.1 Å². The minimum Gasteiger partial charge on any atom is -0.308 e. The molecule has 3 aromatic rings. The Bertz CT molecular complexity index is 1390. The lowest BCUT2D eigenvalue weighted by Crippen LogP contribution is -2.36. The highest BCUT2D eigenvalue weighted by molar-refractivity contribution is 7.91. The van der Waals surface area contributed by atoms with Gasteiger partial charge in [0.15, 0.2) is 24.8 Å². The van der Waals surface area contributed by atoms with Gasteiger partial charge < -0.3 is 4.90 Å². The van der Waals surface area contributed by atoms with Gasteiger partial charge >= 0.3 is 0 Å². The molecule has 0 radical (unpaired) electrons. The van der Waals surface area contributed by atoms with Gasteiger partial charge in [0.2, 0.25) is 5.91 Å². The van der Waals surface area contributed by atoms with Crippen molar-refractivity contribution in [1.29, 1.82) is 0 Å². The summed E-state index contributed by atoms with van der Waals surface area (Å²) in [5.41, 5.74) is 0.331. The highest BCUT2D eigenvalue weighted by atomic mass is 35.5. The Morgan fingerprint density at radius 3 is 2.29 bits per heavy atom. The lowest BCUT2D eigenvalue weighted by atomic mass is 10.3. The van der Waals surface area contributed by atoms with E-state index in [1.165, 1.54) is 46.6 Å². The number of halogens is 2. The molecule has 0 aliphatic rings. The summed E-state index contributed by atoms with van der Waals surface area (Å²) in [6, 6.07) is 10.8. The van der Waals surface area contributed by atoms with Gasteiger partial charge in [0.1, 0.15) is 5.52 Å². The molecule has 13 heteroatoms. The topological polar surface area (TPSA) is 105 Å². The number of rotatable bonds is 10. The van der Waals surface area contributed by atoms with E-state index in [0.29, 0.717) is 33.5 Å². The summed E-state index contributed by atoms with van der Waals surface area (Å²) in [5.74, 6) is -0.451. The van der Waals surface area contributed by atoms with Crippen LogP contribution in [0, 0.1) is 0 Å². The summed E-state index contributed by atoms with van der Waals surface area (Å²) in [6.07, 6.45) is 1.27. The highest BCUT2D eigenvalue weighted by Gasteiger charge is 2.23. The maximum atomic E-state index is 13.1. The number of carbonyl (C=O) groups excluding carboxylic acids is 1. The van der Waals surface area contributed by atoms with Gasteiger partial charge in [0.25, 0.3) is 0 Å². The third kappa shape index (κ3) is 7.61. The summed E-state index contributed by atoms with van der Waals surface area (Å²) >= 11 is 7.06. The number of hydrogen-bond acceptors (Lipinski definition) is 8. The number of anilines is 1. The van der Waals surface area contributed by atoms with Crippen LogP contribution in [0.25, 0.3) is 10.2 Å². The molecule has 1 heterocycles. The van der Waals surface area contributed by atoms with Crippen LogP contribution < -0.4 is 4.90 Å². The van der Waals surface area contributed by atoms with Gasteiger partial charge in [-0.3, -0.25) is 9.69 Å². The first-order chi connectivity index (χ1) is 15.9. The molecule has 0 aliphatic carbocycles. The number of amides is 1. The molecule has 0 fully saturated rings. The Kier molecular flexibility index (Phi) is 10.1. The van der Waals surface area contributed by atoms with Crippen molar-refractivity contribution in [3.05, 3.63) is 47.5 Å². The fourth-order valence-electron chi connectivity index (χ4n) is 3.26. The molecule has 0 saturated heterocycles. The molecule has 35 heavy (non-hydrogen) atoms. The SMILES string of the molecule is CN(C)CCN(C(=O)CCCS(=O)(=O)c1ccc(Cl)cc1)c1nc2c(S(C)(=O)=O)cccc2s1.Cl. The zero-order chi connectivity index (χ0) is 25.1. The predicted octanol–water partition coefficient (Wildman–Crippen LogP) is 3.92. The number of likely N-dealkylation sites (N-methyl/N-ethyl adjacent to an activating group) is 1. The molecule has 8 nitrogen and oxygen atoms in total. The maximum Gasteiger partial charge on any atom is 0.228 e. The average molecular weight is 581 g/mol. The maximum absolute atomic E-state index is 13.1. The molecular formula is C22H27Cl2N3O5S3. The fourth-order valence-corrected chi connectivity index (χ4v) is 6.63. The zero-order valence-electron chi connectivity index (χ0n) is 19.5. The molecule has 0 atom stereocenters. The molecule has 1 aromatic heterocycles. The minimum absolute atomic E-state index is 0. The van der Waals surface area contributed by atoms with Crippen molar-refractivity contribution in [3.63, 3.8) is 0 Å². The van der Waals surface area contributed by atoms with Crippen LogP contribution in [0.4, 0.5) is 5.13 Å². The fraction of sp³-hybridized carbons (Fsp3) is 0.364. The number of carbonyl (C=O) groups is 1. The average Bonchev–Trinajstić information content (AvgIpc) is 3.16. The second-order valence-corrected chi connectivity index (χ2v) is 13.6. The third-order valence-electron chi connectivity index (χ3n) is 5.05. The van der Waals surface area contributed by atoms with Gasteiger partial charge in [-0.05, 0) is 56.9 Å². The van der Waals surface area contributed by atoms with Crippen LogP contribution in [0.2, 0.25) is 5.02 Å². The molecule has 0 aliphatic heterocycles. The first kappa shape index (κ1) is 29.5. The molecular weight excluding hydrogens is 553 g/mol. The van der Waals surface area contributed by atoms with E-state index in [2.05, 4.69) is 4.98 Å². The highest BCUT2D eigenvalue weighted by Crippen LogP contribution is 2.33. The number of hydrogen-bond donors (Lipinski definition) is 0. The Balaban J connectivity index is 0.00000432. The van der Waals surface area contributed by atoms with Crippen LogP contribution in [0.1, 0.15) is 12.8 Å². The second kappa shape index (κ2) is 12.0. The molecule has 1 amide bonds. The van der Waals surface area contributed by atoms with Crippen LogP contribution >= 0.6 is 35.3 Å². The van der Waals surface area contributed by atoms with Gasteiger partial charge in [0, 0.05) is 30.8 Å². The van der Waals surface area contributed by atoms with Gasteiger partial charge in [0.05, 0.1) is 20.2 Å². The quantitative estimate of drug-likeness (QED) is 0.358. The largest absolute Gasteiger partial charge is 0.308 e. The number of para-hydroxylation sites is 1. The predicted molar refractivity (Wildman–Crippen MR) is 144 cm³/mol. The van der Waals surface area contributed by atoms with Crippen molar-refractivity contribution in [2.45, 2.75) is 22.6 Å². The number of sulfone groups is 2. The lowest BCUT2D eigenvalue weighted by molar-refractivity contribution is -0.118. The van der Waals surface area contributed by atoms with Crippen molar-refractivity contribution >= 4 is 76.3 Å². The first-order valence-corrected chi connectivity index (χ1v) is 15.2. The summed E-state index contributed by atoms with van der Waals surface area (Å²) in [4.78, 5) is 21.3. The normalized spacial score (nSPS) is 12.0. The van der Waals surface area contributed by atoms with E-state index in [1.807, 2.05) is 19.0 Å². The van der Waals surface area contributed by atoms with Crippen LogP contribution in [-0.4, -0.2) is 71.8 Å². The molecule has 192 valence electrons. The van der Waals surface area contributed by atoms with E-state index in [0.717, 1.165) is 6.26 Å². The molecule has 0 saturated carbocycles. The van der Waals surface area contributed by atoms with Gasteiger partial charge in [-0.25, -0.2) is 21.8 Å². The van der Waals surface area contributed by atoms with E-state index >= 15 is 0 Å². The first-order valence-electron chi connectivity index (χ1n) is 10.4. The van der Waals surface area contributed by atoms with Crippen molar-refractivity contribution < 1.29 is 21.6 Å². The molecule has 2 aromatic carbocycles. The van der Waals surface area contributed by atoms with E-state index < -0.39 is 19.7 Å². The van der Waals surface area contributed by atoms with Crippen LogP contribution in [0.3, 0.4) is 0 Å². The van der Waals surface area contributed by atoms with Crippen molar-refractivity contribution in [1.82, 2.24) is 9.88 Å². The van der Waals surface area contributed by atoms with Crippen LogP contribution in [0.15, 0.2) is 52.3 Å². The summed E-state index contributed by atoms with van der Waals surface area (Å²) in [6.45, 7) is 0.896. The number of thiazole rings is 1. The summed E-state index contributed by atoms with van der Waals surface area (Å²) < 4.78 is 50.2. The van der Waals surface area contributed by atoms with Crippen LogP contribution in [-0.2, 0) is 24.5 Å². The zero-order valence-corrected chi connectivity index (χ0v) is 23.5. The Labute approximate surface area is 221 Å². The Hall–Kier alpha value is -1.76. The smallest absolute Gasteiger partial charge is 0.228 e. The standard InChI is InChI=1S/C22H26ClN3O5S3.ClH/c1-25(2)13-14-26(22-24-21-18(32-22)6-4-7-19(21)33(3,28)29)20(27)8-5-15-34(30,31)17-11-9-16(23)10-12-17;/h4,6-7,9-12H,5,8,13-15H2,1-3H3;1H. The number of aromatic nitrogens is 1. The second-order valence-electron chi connectivity index (χ2n) is 8.10. The Morgan fingerprint density at radius 2 is 1.69 bits per heavy atom. The molecule has 0 N–H and O–H groups in total. The number of benzene rings is 2. The van der Waals surface area contributed by atoms with Gasteiger partial charge in [-0.2, -0.15) is 0 Å². The molecule has 3 rings (SSSR count). The van der Waals surface area contributed by atoms with E-state index in [-0.39, 0.29) is 46.7 Å². The monoisotopic (exact) mass is 579 g/mol. The third-order valence-corrected chi connectivity index (χ3v) is 9.29. The summed E-state index contributed by atoms with van der Waals surface area (Å²) in [5, 5.41) is 0.832. The van der Waals surface area contributed by atoms with Crippen molar-refractivity contribution in [2.24, 2.45) is 0 Å². The molecule has 0 spiro atoms. The minimum atomic E-state index is -3.55. The molecule has 0 unspecified atom stereocenters. The van der Waals surface area contributed by atoms with Crippen LogP contribution in [0.5, 0.6) is 0 Å². The molecule has 0 bridgehead atoms. The van der Waals surface area contributed by atoms with Crippen molar-refractivity contribution in [3.8, 4) is 0 Å². The van der Waals surface area contributed by atoms with Crippen molar-refractivity contribution in [2.75, 3.05) is 44.1 Å². The van der Waals surface area contributed by atoms with Gasteiger partial charge in [-0.15, -0.1) is 12.4 Å². The number of fused-ring (bicyclic) bond motifs is 1. The van der Waals surface area contributed by atoms with Gasteiger partial charge in [-0.1, -0.05) is 29.0 Å². The van der Waals surface area contributed by atoms with E-state index in [4.69, 9.17) is 11.6 Å². The number of nitrogens with zero attached hydrogens (tertiary/aromatic N) is 3. The van der Waals surface area contributed by atoms with E-state index in [9.17, 15) is 21.6 Å². The summed E-state index contributed by atoms with van der Waals surface area (Å²) in [7, 11) is -3.29.